The summed E-state index contributed by atoms with van der Waals surface area (Å²) in [5.74, 6) is -0.997. The van der Waals surface area contributed by atoms with Crippen LogP contribution in [0.25, 0.3) is 0 Å². The zero-order valence-corrected chi connectivity index (χ0v) is 10.2. The minimum Gasteiger partial charge on any atom is -0.480 e. The Morgan fingerprint density at radius 1 is 1.69 bits per heavy atom. The van der Waals surface area contributed by atoms with Gasteiger partial charge in [0.15, 0.2) is 4.34 Å². The Kier molecular flexibility index (Phi) is 4.25. The molecule has 1 rings (SSSR count). The largest absolute Gasteiger partial charge is 0.480 e. The molecule has 0 aliphatic rings. The number of carbonyl (C=O) groups is 1. The number of thioether (sulfide) groups is 1. The van der Waals surface area contributed by atoms with E-state index in [0.717, 1.165) is 29.3 Å². The van der Waals surface area contributed by atoms with Gasteiger partial charge in [-0.05, 0) is 17.3 Å². The molecule has 1 heterocycles. The molecule has 1 aromatic heterocycles. The van der Waals surface area contributed by atoms with Crippen molar-refractivity contribution in [1.29, 1.82) is 0 Å². The first kappa shape index (κ1) is 12.9. The maximum Gasteiger partial charge on any atom is 0.344 e. The second-order valence-corrected chi connectivity index (χ2v) is 5.74. The van der Waals surface area contributed by atoms with Crippen molar-refractivity contribution >= 4 is 34.1 Å². The van der Waals surface area contributed by atoms with Gasteiger partial charge in [0, 0.05) is 0 Å². The Bertz CT molecular complexity index is 404. The maximum atomic E-state index is 10.9. The number of rotatable bonds is 5. The second-order valence-electron chi connectivity index (χ2n) is 3.34. The number of carboxylic acids is 1. The zero-order valence-electron chi connectivity index (χ0n) is 8.61. The molecule has 0 aliphatic carbocycles. The van der Waals surface area contributed by atoms with Gasteiger partial charge in [-0.1, -0.05) is 25.6 Å². The molecule has 0 fully saturated rings. The third-order valence-corrected chi connectivity index (χ3v) is 4.32. The number of thiazole rings is 1. The van der Waals surface area contributed by atoms with Gasteiger partial charge in [0.1, 0.15) is 11.4 Å². The number of aliphatic carboxylic acids is 1. The van der Waals surface area contributed by atoms with Crippen LogP contribution in [0.1, 0.15) is 13.8 Å². The third-order valence-electron chi connectivity index (χ3n) is 1.73. The molecule has 8 heteroatoms. The molecule has 1 N–H and O–H groups in total. The summed E-state index contributed by atoms with van der Waals surface area (Å²) in [7, 11) is 0. The Labute approximate surface area is 99.8 Å². The lowest BCUT2D eigenvalue weighted by Gasteiger charge is -2.13. The Morgan fingerprint density at radius 2 is 2.31 bits per heavy atom. The van der Waals surface area contributed by atoms with Gasteiger partial charge >= 0.3 is 11.0 Å². The highest BCUT2D eigenvalue weighted by Crippen LogP contribution is 2.34. The summed E-state index contributed by atoms with van der Waals surface area (Å²) in [5, 5.41) is 18.7. The van der Waals surface area contributed by atoms with Crippen molar-refractivity contribution < 1.29 is 14.8 Å². The van der Waals surface area contributed by atoms with Crippen LogP contribution in [0.5, 0.6) is 0 Å². The van der Waals surface area contributed by atoms with E-state index in [9.17, 15) is 14.9 Å². The monoisotopic (exact) mass is 262 g/mol. The number of carboxylic acid groups (broad SMARTS) is 1. The van der Waals surface area contributed by atoms with Gasteiger partial charge in [0.05, 0.1) is 4.92 Å². The van der Waals surface area contributed by atoms with Gasteiger partial charge in [0.25, 0.3) is 0 Å². The summed E-state index contributed by atoms with van der Waals surface area (Å²) in [6.45, 7) is 3.57. The summed E-state index contributed by atoms with van der Waals surface area (Å²) in [4.78, 5) is 24.6. The third kappa shape index (κ3) is 3.17. The summed E-state index contributed by atoms with van der Waals surface area (Å²) < 4.78 is 0.410. The van der Waals surface area contributed by atoms with Crippen molar-refractivity contribution in [3.8, 4) is 0 Å². The van der Waals surface area contributed by atoms with Gasteiger partial charge in [-0.3, -0.25) is 14.9 Å². The predicted octanol–water partition coefficient (Wildman–Crippen LogP) is 2.25. The molecular weight excluding hydrogens is 252 g/mol. The van der Waals surface area contributed by atoms with Crippen LogP contribution in [-0.4, -0.2) is 26.2 Å². The summed E-state index contributed by atoms with van der Waals surface area (Å²) >= 11 is 1.94. The molecule has 16 heavy (non-hydrogen) atoms. The highest BCUT2D eigenvalue weighted by atomic mass is 32.2. The van der Waals surface area contributed by atoms with E-state index in [4.69, 9.17) is 5.11 Å². The van der Waals surface area contributed by atoms with Crippen molar-refractivity contribution in [2.75, 3.05) is 0 Å². The molecule has 1 aromatic rings. The molecule has 1 unspecified atom stereocenters. The topological polar surface area (TPSA) is 93.3 Å². The molecule has 0 bridgehead atoms. The van der Waals surface area contributed by atoms with E-state index in [2.05, 4.69) is 4.98 Å². The molecule has 6 nitrogen and oxygen atoms in total. The molecule has 0 radical (unpaired) electrons. The van der Waals surface area contributed by atoms with E-state index >= 15 is 0 Å². The Hall–Kier alpha value is -1.15. The standard InChI is InChI=1S/C8H10N2O4S2/c1-4(2)6(7(11)12)16-8-9-3-5(15-8)10(13)14/h3-4,6H,1-2H3,(H,11,12). The van der Waals surface area contributed by atoms with Crippen molar-refractivity contribution in [2.24, 2.45) is 5.92 Å². The summed E-state index contributed by atoms with van der Waals surface area (Å²) in [5.41, 5.74) is 0. The van der Waals surface area contributed by atoms with Crippen molar-refractivity contribution in [3.63, 3.8) is 0 Å². The number of aromatic nitrogens is 1. The first-order valence-electron chi connectivity index (χ1n) is 4.41. The lowest BCUT2D eigenvalue weighted by atomic mass is 10.1. The molecular formula is C8H10N2O4S2. The van der Waals surface area contributed by atoms with Gasteiger partial charge in [-0.15, -0.1) is 0 Å². The molecule has 0 saturated heterocycles. The van der Waals surface area contributed by atoms with Crippen LogP contribution in [0, 0.1) is 16.0 Å². The zero-order chi connectivity index (χ0) is 12.3. The molecule has 0 aromatic carbocycles. The second kappa shape index (κ2) is 5.26. The molecule has 0 aliphatic heterocycles. The lowest BCUT2D eigenvalue weighted by Crippen LogP contribution is -2.22. The van der Waals surface area contributed by atoms with Crippen LogP contribution in [0.2, 0.25) is 0 Å². The van der Waals surface area contributed by atoms with Crippen molar-refractivity contribution in [1.82, 2.24) is 4.98 Å². The van der Waals surface area contributed by atoms with Gasteiger partial charge < -0.3 is 5.11 Å². The van der Waals surface area contributed by atoms with Gasteiger partial charge in [0.2, 0.25) is 0 Å². The number of nitro groups is 1. The van der Waals surface area contributed by atoms with Crippen molar-refractivity contribution in [2.45, 2.75) is 23.4 Å². The van der Waals surface area contributed by atoms with Crippen LogP contribution in [0.3, 0.4) is 0 Å². The summed E-state index contributed by atoms with van der Waals surface area (Å²) in [6, 6.07) is 0. The Morgan fingerprint density at radius 3 is 2.69 bits per heavy atom. The van der Waals surface area contributed by atoms with E-state index < -0.39 is 16.1 Å². The normalized spacial score (nSPS) is 12.7. The van der Waals surface area contributed by atoms with Crippen LogP contribution >= 0.6 is 23.1 Å². The maximum absolute atomic E-state index is 10.9. The highest BCUT2D eigenvalue weighted by Gasteiger charge is 2.25. The fourth-order valence-electron chi connectivity index (χ4n) is 0.969. The van der Waals surface area contributed by atoms with Gasteiger partial charge in [-0.2, -0.15) is 0 Å². The predicted molar refractivity (Wildman–Crippen MR) is 60.9 cm³/mol. The SMILES string of the molecule is CC(C)C(Sc1ncc([N+](=O)[O-])s1)C(=O)O. The van der Waals surface area contributed by atoms with Gasteiger partial charge in [-0.25, -0.2) is 4.98 Å². The molecule has 0 spiro atoms. The van der Waals surface area contributed by atoms with E-state index in [0.29, 0.717) is 4.34 Å². The lowest BCUT2D eigenvalue weighted by molar-refractivity contribution is -0.380. The quantitative estimate of drug-likeness (QED) is 0.497. The van der Waals surface area contributed by atoms with Crippen LogP contribution in [0.15, 0.2) is 10.5 Å². The number of nitrogens with zero attached hydrogens (tertiary/aromatic N) is 2. The van der Waals surface area contributed by atoms with E-state index in [1.807, 2.05) is 0 Å². The highest BCUT2D eigenvalue weighted by molar-refractivity contribution is 8.02. The fraction of sp³-hybridized carbons (Fsp3) is 0.500. The molecule has 0 amide bonds. The van der Waals surface area contributed by atoms with Crippen LogP contribution < -0.4 is 0 Å². The molecule has 1 atom stereocenters. The molecule has 0 saturated carbocycles. The van der Waals surface area contributed by atoms with Crippen LogP contribution in [0.4, 0.5) is 5.00 Å². The molecule has 88 valence electrons. The first-order valence-corrected chi connectivity index (χ1v) is 6.11. The van der Waals surface area contributed by atoms with Crippen molar-refractivity contribution in [3.05, 3.63) is 16.3 Å². The minimum atomic E-state index is -0.933. The fourth-order valence-corrected chi connectivity index (χ4v) is 2.90. The average Bonchev–Trinajstić information content (AvgIpc) is 2.61. The summed E-state index contributed by atoms with van der Waals surface area (Å²) in [6.07, 6.45) is 1.15. The number of hydrogen-bond donors (Lipinski definition) is 1. The number of hydrogen-bond acceptors (Lipinski definition) is 6. The Balaban J connectivity index is 2.78. The smallest absolute Gasteiger partial charge is 0.344 e. The minimum absolute atomic E-state index is 0.0644. The first-order chi connectivity index (χ1) is 7.41. The van der Waals surface area contributed by atoms with E-state index in [1.54, 1.807) is 13.8 Å². The van der Waals surface area contributed by atoms with Crippen LogP contribution in [-0.2, 0) is 4.79 Å². The van der Waals surface area contributed by atoms with E-state index in [-0.39, 0.29) is 10.9 Å². The van der Waals surface area contributed by atoms with E-state index in [1.165, 1.54) is 0 Å². The average molecular weight is 262 g/mol.